The van der Waals surface area contributed by atoms with Gasteiger partial charge in [-0.3, -0.25) is 5.43 Å². The number of halogens is 1. The molecule has 2 rings (SSSR count). The molecular weight excluding hydrogens is 391 g/mol. The maximum atomic E-state index is 5.80. The first-order valence-electron chi connectivity index (χ1n) is 6.98. The Morgan fingerprint density at radius 1 is 1.18 bits per heavy atom. The van der Waals surface area contributed by atoms with E-state index in [1.54, 1.807) is 13.3 Å². The van der Waals surface area contributed by atoms with E-state index in [0.29, 0.717) is 5.75 Å². The summed E-state index contributed by atoms with van der Waals surface area (Å²) in [5.74, 6) is 1.48. The number of anilines is 1. The topological polar surface area (TPSA) is 42.8 Å². The van der Waals surface area contributed by atoms with Crippen molar-refractivity contribution in [1.29, 1.82) is 0 Å². The van der Waals surface area contributed by atoms with Gasteiger partial charge in [-0.05, 0) is 66.3 Å². The SMILES string of the molecule is COc1cc(C=NNc2ccccc2)cc(I)c1OC(C)C. The van der Waals surface area contributed by atoms with Gasteiger partial charge in [0.25, 0.3) is 0 Å². The Morgan fingerprint density at radius 3 is 2.55 bits per heavy atom. The maximum Gasteiger partial charge on any atom is 0.174 e. The largest absolute Gasteiger partial charge is 0.493 e. The molecule has 0 heterocycles. The zero-order valence-electron chi connectivity index (χ0n) is 12.8. The van der Waals surface area contributed by atoms with E-state index in [4.69, 9.17) is 9.47 Å². The average molecular weight is 410 g/mol. The highest BCUT2D eigenvalue weighted by molar-refractivity contribution is 14.1. The molecular formula is C17H19IN2O2. The van der Waals surface area contributed by atoms with Crippen molar-refractivity contribution in [3.63, 3.8) is 0 Å². The molecule has 22 heavy (non-hydrogen) atoms. The van der Waals surface area contributed by atoms with Gasteiger partial charge in [0.05, 0.1) is 28.7 Å². The van der Waals surface area contributed by atoms with Crippen LogP contribution in [0.15, 0.2) is 47.6 Å². The van der Waals surface area contributed by atoms with Gasteiger partial charge in [-0.2, -0.15) is 5.10 Å². The summed E-state index contributed by atoms with van der Waals surface area (Å²) in [4.78, 5) is 0. The summed E-state index contributed by atoms with van der Waals surface area (Å²) in [6.45, 7) is 3.99. The zero-order valence-corrected chi connectivity index (χ0v) is 15.0. The Morgan fingerprint density at radius 2 is 1.91 bits per heavy atom. The molecule has 0 atom stereocenters. The molecule has 2 aromatic carbocycles. The van der Waals surface area contributed by atoms with E-state index >= 15 is 0 Å². The van der Waals surface area contributed by atoms with Gasteiger partial charge in [-0.1, -0.05) is 18.2 Å². The van der Waals surface area contributed by atoms with Gasteiger partial charge in [0, 0.05) is 0 Å². The van der Waals surface area contributed by atoms with Crippen molar-refractivity contribution >= 4 is 34.5 Å². The van der Waals surface area contributed by atoms with E-state index in [2.05, 4.69) is 33.1 Å². The van der Waals surface area contributed by atoms with Crippen molar-refractivity contribution in [3.05, 3.63) is 51.6 Å². The highest BCUT2D eigenvalue weighted by Crippen LogP contribution is 2.34. The van der Waals surface area contributed by atoms with E-state index in [1.807, 2.05) is 56.3 Å². The molecule has 0 aliphatic rings. The van der Waals surface area contributed by atoms with Crippen LogP contribution in [0.5, 0.6) is 11.5 Å². The van der Waals surface area contributed by atoms with Crippen LogP contribution in [-0.4, -0.2) is 19.4 Å². The number of hydrazone groups is 1. The maximum absolute atomic E-state index is 5.80. The zero-order chi connectivity index (χ0) is 15.9. The smallest absolute Gasteiger partial charge is 0.174 e. The number of para-hydroxylation sites is 1. The van der Waals surface area contributed by atoms with Gasteiger partial charge in [0.15, 0.2) is 11.5 Å². The lowest BCUT2D eigenvalue weighted by Gasteiger charge is -2.15. The van der Waals surface area contributed by atoms with Gasteiger partial charge < -0.3 is 9.47 Å². The number of methoxy groups -OCH3 is 1. The minimum atomic E-state index is 0.0988. The normalized spacial score (nSPS) is 11.0. The summed E-state index contributed by atoms with van der Waals surface area (Å²) in [5.41, 5.74) is 4.88. The second kappa shape index (κ2) is 8.03. The molecule has 0 aliphatic carbocycles. The van der Waals surface area contributed by atoms with Crippen molar-refractivity contribution in [2.24, 2.45) is 5.10 Å². The molecule has 2 aromatic rings. The number of hydrogen-bond acceptors (Lipinski definition) is 4. The van der Waals surface area contributed by atoms with Crippen LogP contribution in [0.25, 0.3) is 0 Å². The molecule has 1 N–H and O–H groups in total. The molecule has 0 saturated carbocycles. The number of ether oxygens (including phenoxy) is 2. The van der Waals surface area contributed by atoms with Crippen LogP contribution in [0.3, 0.4) is 0 Å². The summed E-state index contributed by atoms with van der Waals surface area (Å²) in [7, 11) is 1.64. The lowest BCUT2D eigenvalue weighted by molar-refractivity contribution is 0.228. The minimum absolute atomic E-state index is 0.0988. The highest BCUT2D eigenvalue weighted by atomic mass is 127. The number of nitrogens with zero attached hydrogens (tertiary/aromatic N) is 1. The van der Waals surface area contributed by atoms with Gasteiger partial charge in [-0.25, -0.2) is 0 Å². The lowest BCUT2D eigenvalue weighted by atomic mass is 10.2. The first-order valence-corrected chi connectivity index (χ1v) is 8.06. The first-order chi connectivity index (χ1) is 10.6. The third kappa shape index (κ3) is 4.62. The molecule has 0 radical (unpaired) electrons. The number of rotatable bonds is 6. The van der Waals surface area contributed by atoms with Crippen LogP contribution in [0, 0.1) is 3.57 Å². The number of benzene rings is 2. The van der Waals surface area contributed by atoms with Crippen molar-refractivity contribution < 1.29 is 9.47 Å². The highest BCUT2D eigenvalue weighted by Gasteiger charge is 2.12. The van der Waals surface area contributed by atoms with Crippen LogP contribution in [0.2, 0.25) is 0 Å². The number of hydrogen-bond donors (Lipinski definition) is 1. The van der Waals surface area contributed by atoms with Crippen LogP contribution in [0.1, 0.15) is 19.4 Å². The second-order valence-electron chi connectivity index (χ2n) is 4.94. The molecule has 0 unspecified atom stereocenters. The van der Waals surface area contributed by atoms with Crippen molar-refractivity contribution in [2.45, 2.75) is 20.0 Å². The fourth-order valence-corrected chi connectivity index (χ4v) is 2.61. The number of nitrogens with one attached hydrogen (secondary N) is 1. The summed E-state index contributed by atoms with van der Waals surface area (Å²) in [5, 5.41) is 4.24. The standard InChI is InChI=1S/C17H19IN2O2/c1-12(2)22-17-15(18)9-13(10-16(17)21-3)11-19-20-14-7-5-4-6-8-14/h4-12,20H,1-3H3. The molecule has 5 heteroatoms. The predicted octanol–water partition coefficient (Wildman–Crippen LogP) is 4.53. The Hall–Kier alpha value is -1.76. The van der Waals surface area contributed by atoms with E-state index in [0.717, 1.165) is 20.6 Å². The van der Waals surface area contributed by atoms with Crippen molar-refractivity contribution in [3.8, 4) is 11.5 Å². The Balaban J connectivity index is 2.16. The Bertz CT molecular complexity index is 643. The Kier molecular flexibility index (Phi) is 6.06. The van der Waals surface area contributed by atoms with Crippen LogP contribution in [0.4, 0.5) is 5.69 Å². The monoisotopic (exact) mass is 410 g/mol. The van der Waals surface area contributed by atoms with E-state index in [-0.39, 0.29) is 6.10 Å². The van der Waals surface area contributed by atoms with E-state index < -0.39 is 0 Å². The molecule has 0 amide bonds. The van der Waals surface area contributed by atoms with Gasteiger partial charge >= 0.3 is 0 Å². The third-order valence-corrected chi connectivity index (χ3v) is 3.59. The lowest BCUT2D eigenvalue weighted by Crippen LogP contribution is -2.08. The quantitative estimate of drug-likeness (QED) is 0.432. The van der Waals surface area contributed by atoms with Crippen LogP contribution in [-0.2, 0) is 0 Å². The predicted molar refractivity (Wildman–Crippen MR) is 99.1 cm³/mol. The van der Waals surface area contributed by atoms with Gasteiger partial charge in [0.2, 0.25) is 0 Å². The molecule has 0 bridgehead atoms. The van der Waals surface area contributed by atoms with Crippen LogP contribution < -0.4 is 14.9 Å². The van der Waals surface area contributed by atoms with Gasteiger partial charge in [-0.15, -0.1) is 0 Å². The van der Waals surface area contributed by atoms with E-state index in [1.165, 1.54) is 0 Å². The summed E-state index contributed by atoms with van der Waals surface area (Å²) in [6.07, 6.45) is 1.86. The Labute approximate surface area is 144 Å². The van der Waals surface area contributed by atoms with Crippen molar-refractivity contribution in [2.75, 3.05) is 12.5 Å². The molecule has 116 valence electrons. The molecule has 0 fully saturated rings. The minimum Gasteiger partial charge on any atom is -0.493 e. The van der Waals surface area contributed by atoms with Gasteiger partial charge in [0.1, 0.15) is 0 Å². The summed E-state index contributed by atoms with van der Waals surface area (Å²) in [6, 6.07) is 13.7. The molecule has 0 aliphatic heterocycles. The fraction of sp³-hybridized carbons (Fsp3) is 0.235. The molecule has 0 aromatic heterocycles. The summed E-state index contributed by atoms with van der Waals surface area (Å²) < 4.78 is 12.2. The second-order valence-corrected chi connectivity index (χ2v) is 6.10. The molecule has 4 nitrogen and oxygen atoms in total. The fourth-order valence-electron chi connectivity index (χ4n) is 1.86. The molecule has 0 spiro atoms. The molecule has 0 saturated heterocycles. The van der Waals surface area contributed by atoms with Crippen molar-refractivity contribution in [1.82, 2.24) is 0 Å². The van der Waals surface area contributed by atoms with E-state index in [9.17, 15) is 0 Å². The first kappa shape index (κ1) is 16.6. The average Bonchev–Trinajstić information content (AvgIpc) is 2.50. The summed E-state index contributed by atoms with van der Waals surface area (Å²) >= 11 is 2.24. The van der Waals surface area contributed by atoms with Crippen LogP contribution >= 0.6 is 22.6 Å². The third-order valence-electron chi connectivity index (χ3n) is 2.79.